The van der Waals surface area contributed by atoms with Gasteiger partial charge in [0.25, 0.3) is 5.91 Å². The fourth-order valence-corrected chi connectivity index (χ4v) is 2.84. The molecule has 0 radical (unpaired) electrons. The summed E-state index contributed by atoms with van der Waals surface area (Å²) in [5, 5.41) is 0. The number of carbonyl (C=O) groups is 1. The number of piperazine rings is 1. The van der Waals surface area contributed by atoms with Crippen LogP contribution in [0.1, 0.15) is 11.5 Å². The number of anilines is 1. The Bertz CT molecular complexity index is 852. The van der Waals surface area contributed by atoms with Gasteiger partial charge in [0, 0.05) is 32.2 Å². The average Bonchev–Trinajstić information content (AvgIpc) is 2.66. The second kappa shape index (κ2) is 7.99. The fraction of sp³-hybridized carbons (Fsp3) is 0.389. The molecule has 1 fully saturated rings. The van der Waals surface area contributed by atoms with Crippen molar-refractivity contribution in [1.29, 1.82) is 0 Å². The number of aryl methyl sites for hydroxylation is 1. The van der Waals surface area contributed by atoms with E-state index in [0.717, 1.165) is 6.07 Å². The molecular weight excluding hydrogens is 380 g/mol. The van der Waals surface area contributed by atoms with Crippen molar-refractivity contribution in [3.8, 4) is 5.75 Å². The third kappa shape index (κ3) is 4.68. The molecule has 1 aliphatic heterocycles. The molecule has 0 spiro atoms. The minimum absolute atomic E-state index is 0.00868. The van der Waals surface area contributed by atoms with Crippen LogP contribution in [0, 0.1) is 12.7 Å². The molecule has 0 saturated carbocycles. The van der Waals surface area contributed by atoms with Gasteiger partial charge in [-0.25, -0.2) is 14.4 Å². The number of hydrogen-bond acceptors (Lipinski definition) is 5. The van der Waals surface area contributed by atoms with Crippen LogP contribution in [0.25, 0.3) is 0 Å². The molecule has 2 heterocycles. The van der Waals surface area contributed by atoms with Crippen LogP contribution in [0.4, 0.5) is 23.4 Å². The van der Waals surface area contributed by atoms with E-state index in [1.165, 1.54) is 30.0 Å². The molecule has 0 N–H and O–H groups in total. The Labute approximate surface area is 158 Å². The van der Waals surface area contributed by atoms with E-state index in [-0.39, 0.29) is 29.9 Å². The lowest BCUT2D eigenvalue weighted by molar-refractivity contribution is -0.141. The average molecular weight is 398 g/mol. The van der Waals surface area contributed by atoms with Crippen LogP contribution >= 0.6 is 0 Å². The van der Waals surface area contributed by atoms with Crippen LogP contribution in [-0.2, 0) is 11.0 Å². The minimum atomic E-state index is -4.55. The molecule has 3 rings (SSSR count). The van der Waals surface area contributed by atoms with E-state index in [1.54, 1.807) is 11.0 Å². The van der Waals surface area contributed by atoms with Gasteiger partial charge in [-0.2, -0.15) is 13.2 Å². The van der Waals surface area contributed by atoms with Gasteiger partial charge in [-0.1, -0.05) is 12.1 Å². The van der Waals surface area contributed by atoms with Crippen molar-refractivity contribution in [2.45, 2.75) is 13.1 Å². The molecule has 28 heavy (non-hydrogen) atoms. The number of halogens is 4. The standard InChI is InChI=1S/C18H18F4N4O2/c1-12-23-15(18(20,21)22)10-16(24-12)25-6-8-26(9-7-25)17(27)11-28-14-5-3-2-4-13(14)19/h2-5,10H,6-9,11H2,1H3. The van der Waals surface area contributed by atoms with E-state index >= 15 is 0 Å². The Morgan fingerprint density at radius 3 is 2.46 bits per heavy atom. The number of hydrogen-bond donors (Lipinski definition) is 0. The molecule has 1 aromatic heterocycles. The Kier molecular flexibility index (Phi) is 5.66. The first-order valence-corrected chi connectivity index (χ1v) is 8.57. The summed E-state index contributed by atoms with van der Waals surface area (Å²) in [6.45, 7) is 2.32. The Balaban J connectivity index is 1.58. The van der Waals surface area contributed by atoms with Crippen molar-refractivity contribution in [1.82, 2.24) is 14.9 Å². The van der Waals surface area contributed by atoms with Gasteiger partial charge in [-0.3, -0.25) is 4.79 Å². The maximum Gasteiger partial charge on any atom is 0.433 e. The number of nitrogens with zero attached hydrogens (tertiary/aromatic N) is 4. The molecule has 0 unspecified atom stereocenters. The third-order valence-corrected chi connectivity index (χ3v) is 4.26. The molecule has 150 valence electrons. The molecule has 6 nitrogen and oxygen atoms in total. The SMILES string of the molecule is Cc1nc(N2CCN(C(=O)COc3ccccc3F)CC2)cc(C(F)(F)F)n1. The summed E-state index contributed by atoms with van der Waals surface area (Å²) in [4.78, 5) is 22.9. The highest BCUT2D eigenvalue weighted by Gasteiger charge is 2.34. The number of rotatable bonds is 4. The lowest BCUT2D eigenvalue weighted by Crippen LogP contribution is -2.50. The molecule has 0 bridgehead atoms. The Hall–Kier alpha value is -2.91. The third-order valence-electron chi connectivity index (χ3n) is 4.26. The van der Waals surface area contributed by atoms with E-state index in [0.29, 0.717) is 26.2 Å². The van der Waals surface area contributed by atoms with Gasteiger partial charge in [0.2, 0.25) is 0 Å². The Morgan fingerprint density at radius 1 is 1.14 bits per heavy atom. The van der Waals surface area contributed by atoms with Crippen molar-refractivity contribution in [3.05, 3.63) is 47.7 Å². The van der Waals surface area contributed by atoms with E-state index < -0.39 is 17.7 Å². The Morgan fingerprint density at radius 2 is 1.82 bits per heavy atom. The van der Waals surface area contributed by atoms with E-state index in [2.05, 4.69) is 9.97 Å². The van der Waals surface area contributed by atoms with Gasteiger partial charge in [0.1, 0.15) is 17.3 Å². The van der Waals surface area contributed by atoms with Gasteiger partial charge in [0.05, 0.1) is 0 Å². The van der Waals surface area contributed by atoms with Crippen LogP contribution in [-0.4, -0.2) is 53.6 Å². The van der Waals surface area contributed by atoms with Gasteiger partial charge in [0.15, 0.2) is 18.2 Å². The molecule has 1 amide bonds. The van der Waals surface area contributed by atoms with Crippen molar-refractivity contribution in [3.63, 3.8) is 0 Å². The van der Waals surface area contributed by atoms with E-state index in [9.17, 15) is 22.4 Å². The highest BCUT2D eigenvalue weighted by atomic mass is 19.4. The highest BCUT2D eigenvalue weighted by molar-refractivity contribution is 5.78. The topological polar surface area (TPSA) is 58.6 Å². The van der Waals surface area contributed by atoms with E-state index in [1.807, 2.05) is 0 Å². The molecule has 2 aromatic rings. The summed E-state index contributed by atoms with van der Waals surface area (Å²) in [6.07, 6.45) is -4.55. The second-order valence-electron chi connectivity index (χ2n) is 6.24. The zero-order valence-corrected chi connectivity index (χ0v) is 15.0. The second-order valence-corrected chi connectivity index (χ2v) is 6.24. The minimum Gasteiger partial charge on any atom is -0.481 e. The van der Waals surface area contributed by atoms with Crippen molar-refractivity contribution >= 4 is 11.7 Å². The smallest absolute Gasteiger partial charge is 0.433 e. The predicted octanol–water partition coefficient (Wildman–Crippen LogP) is 2.67. The van der Waals surface area contributed by atoms with Crippen LogP contribution < -0.4 is 9.64 Å². The lowest BCUT2D eigenvalue weighted by atomic mass is 10.2. The summed E-state index contributed by atoms with van der Waals surface area (Å²) in [6, 6.07) is 6.68. The molecular formula is C18H18F4N4O2. The van der Waals surface area contributed by atoms with Crippen LogP contribution in [0.2, 0.25) is 0 Å². The summed E-state index contributed by atoms with van der Waals surface area (Å²) < 4.78 is 57.5. The first-order chi connectivity index (χ1) is 13.2. The van der Waals surface area contributed by atoms with E-state index in [4.69, 9.17) is 4.74 Å². The number of para-hydroxylation sites is 1. The molecule has 0 atom stereocenters. The number of aromatic nitrogens is 2. The number of ether oxygens (including phenoxy) is 1. The number of alkyl halides is 3. The summed E-state index contributed by atoms with van der Waals surface area (Å²) >= 11 is 0. The number of benzene rings is 1. The van der Waals surface area contributed by atoms with Gasteiger partial charge >= 0.3 is 6.18 Å². The van der Waals surface area contributed by atoms with Crippen LogP contribution in [0.3, 0.4) is 0 Å². The molecule has 1 aliphatic rings. The summed E-state index contributed by atoms with van der Waals surface area (Å²) in [5.74, 6) is -0.681. The van der Waals surface area contributed by atoms with Gasteiger partial charge < -0.3 is 14.5 Å². The predicted molar refractivity (Wildman–Crippen MR) is 92.5 cm³/mol. The molecule has 10 heteroatoms. The van der Waals surface area contributed by atoms with Gasteiger partial charge in [-0.15, -0.1) is 0 Å². The van der Waals surface area contributed by atoms with Crippen LogP contribution in [0.5, 0.6) is 5.75 Å². The maximum absolute atomic E-state index is 13.5. The number of carbonyl (C=O) groups excluding carboxylic acids is 1. The largest absolute Gasteiger partial charge is 0.481 e. The zero-order chi connectivity index (χ0) is 20.3. The zero-order valence-electron chi connectivity index (χ0n) is 15.0. The quantitative estimate of drug-likeness (QED) is 0.742. The maximum atomic E-state index is 13.5. The monoisotopic (exact) mass is 398 g/mol. The summed E-state index contributed by atoms with van der Waals surface area (Å²) in [5.41, 5.74) is -0.994. The normalized spacial score (nSPS) is 14.9. The van der Waals surface area contributed by atoms with Gasteiger partial charge in [-0.05, 0) is 19.1 Å². The summed E-state index contributed by atoms with van der Waals surface area (Å²) in [7, 11) is 0. The van der Waals surface area contributed by atoms with Crippen molar-refractivity contribution in [2.24, 2.45) is 0 Å². The molecule has 1 saturated heterocycles. The number of amides is 1. The fourth-order valence-electron chi connectivity index (χ4n) is 2.84. The van der Waals surface area contributed by atoms with Crippen LogP contribution in [0.15, 0.2) is 30.3 Å². The van der Waals surface area contributed by atoms with Crippen molar-refractivity contribution < 1.29 is 27.1 Å². The first kappa shape index (κ1) is 19.8. The van der Waals surface area contributed by atoms with Crippen molar-refractivity contribution in [2.75, 3.05) is 37.7 Å². The highest BCUT2D eigenvalue weighted by Crippen LogP contribution is 2.30. The first-order valence-electron chi connectivity index (χ1n) is 8.57. The molecule has 0 aliphatic carbocycles. The molecule has 1 aromatic carbocycles. The lowest BCUT2D eigenvalue weighted by Gasteiger charge is -2.35.